The average Bonchev–Trinajstić information content (AvgIpc) is 3.18. The van der Waals surface area contributed by atoms with E-state index in [-0.39, 0.29) is 24.0 Å². The maximum atomic E-state index is 12.4. The molecule has 2 aromatic carbocycles. The summed E-state index contributed by atoms with van der Waals surface area (Å²) in [6, 6.07) is 20.7. The number of carbonyl (C=O) groups excluding carboxylic acids is 1. The van der Waals surface area contributed by atoms with Crippen LogP contribution < -0.4 is 5.73 Å². The van der Waals surface area contributed by atoms with Crippen molar-refractivity contribution in [2.24, 2.45) is 11.1 Å². The lowest BCUT2D eigenvalue weighted by Gasteiger charge is -2.37. The molecule has 0 bridgehead atoms. The lowest BCUT2D eigenvalue weighted by molar-refractivity contribution is -0.150. The van der Waals surface area contributed by atoms with Crippen LogP contribution in [0.15, 0.2) is 66.9 Å². The minimum Gasteiger partial charge on any atom is -0.365 e. The SMILES string of the molecule is CC(C)(Cc1nc(-c2ccccc2)cn1Cc1ccccc1)CN1C[C@@H](CN)OCC1=O. The van der Waals surface area contributed by atoms with E-state index >= 15 is 0 Å². The Bertz CT molecular complexity index is 1030. The zero-order valence-corrected chi connectivity index (χ0v) is 18.9. The van der Waals surface area contributed by atoms with Gasteiger partial charge in [-0.05, 0) is 11.0 Å². The van der Waals surface area contributed by atoms with Crippen molar-refractivity contribution in [3.8, 4) is 11.3 Å². The van der Waals surface area contributed by atoms with Crippen molar-refractivity contribution in [1.29, 1.82) is 0 Å². The first-order chi connectivity index (χ1) is 15.4. The van der Waals surface area contributed by atoms with E-state index in [0.29, 0.717) is 19.6 Å². The third-order valence-electron chi connectivity index (χ3n) is 5.86. The predicted molar refractivity (Wildman–Crippen MR) is 126 cm³/mol. The Morgan fingerprint density at radius 2 is 1.78 bits per heavy atom. The maximum absolute atomic E-state index is 12.4. The zero-order valence-electron chi connectivity index (χ0n) is 18.9. The molecule has 1 fully saturated rings. The van der Waals surface area contributed by atoms with Gasteiger partial charge in [-0.25, -0.2) is 4.98 Å². The molecule has 4 rings (SSSR count). The molecular formula is C26H32N4O2. The Kier molecular flexibility index (Phi) is 6.72. The van der Waals surface area contributed by atoms with Crippen LogP contribution in [0.2, 0.25) is 0 Å². The van der Waals surface area contributed by atoms with Gasteiger partial charge in [0.1, 0.15) is 12.4 Å². The number of amides is 1. The quantitative estimate of drug-likeness (QED) is 0.592. The van der Waals surface area contributed by atoms with Crippen LogP contribution in [0.4, 0.5) is 0 Å². The van der Waals surface area contributed by atoms with Crippen LogP contribution >= 0.6 is 0 Å². The van der Waals surface area contributed by atoms with Gasteiger partial charge < -0.3 is 19.9 Å². The first-order valence-electron chi connectivity index (χ1n) is 11.2. The highest BCUT2D eigenvalue weighted by Gasteiger charge is 2.31. The van der Waals surface area contributed by atoms with Crippen LogP contribution in [-0.2, 0) is 22.5 Å². The number of hydrogen-bond donors (Lipinski definition) is 1. The number of hydrogen-bond acceptors (Lipinski definition) is 4. The third-order valence-corrected chi connectivity index (χ3v) is 5.86. The first-order valence-corrected chi connectivity index (χ1v) is 11.2. The first kappa shape index (κ1) is 22.2. The van der Waals surface area contributed by atoms with E-state index in [1.807, 2.05) is 29.2 Å². The molecule has 0 spiro atoms. The molecule has 1 aliphatic rings. The topological polar surface area (TPSA) is 73.4 Å². The molecule has 0 radical (unpaired) electrons. The Hall–Kier alpha value is -2.96. The van der Waals surface area contributed by atoms with Crippen molar-refractivity contribution < 1.29 is 9.53 Å². The standard InChI is InChI=1S/C26H32N4O2/c1-26(2,19-30-16-22(14-27)32-18-25(30)31)13-24-28-23(21-11-7-4-8-12-21)17-29(24)15-20-9-5-3-6-10-20/h3-12,17,22H,13-16,18-19,27H2,1-2H3/t22-/m1/s1. The smallest absolute Gasteiger partial charge is 0.248 e. The van der Waals surface area contributed by atoms with Crippen molar-refractivity contribution in [2.75, 3.05) is 26.2 Å². The zero-order chi connectivity index (χ0) is 22.6. The lowest BCUT2D eigenvalue weighted by Crippen LogP contribution is -2.52. The largest absolute Gasteiger partial charge is 0.365 e. The summed E-state index contributed by atoms with van der Waals surface area (Å²) >= 11 is 0. The van der Waals surface area contributed by atoms with Crippen molar-refractivity contribution in [3.05, 3.63) is 78.2 Å². The van der Waals surface area contributed by atoms with Crippen molar-refractivity contribution >= 4 is 5.91 Å². The number of ether oxygens (including phenoxy) is 1. The third kappa shape index (κ3) is 5.44. The van der Waals surface area contributed by atoms with Crippen LogP contribution in [0.3, 0.4) is 0 Å². The predicted octanol–water partition coefficient (Wildman–Crippen LogP) is 3.35. The minimum atomic E-state index is -0.153. The van der Waals surface area contributed by atoms with Crippen LogP contribution in [0.25, 0.3) is 11.3 Å². The normalized spacial score (nSPS) is 17.0. The molecule has 32 heavy (non-hydrogen) atoms. The molecule has 2 heterocycles. The van der Waals surface area contributed by atoms with E-state index in [0.717, 1.165) is 30.0 Å². The molecular weight excluding hydrogens is 400 g/mol. The second-order valence-corrected chi connectivity index (χ2v) is 9.31. The average molecular weight is 433 g/mol. The Labute approximate surface area is 190 Å². The van der Waals surface area contributed by atoms with Gasteiger partial charge >= 0.3 is 0 Å². The van der Waals surface area contributed by atoms with E-state index < -0.39 is 0 Å². The molecule has 0 unspecified atom stereocenters. The monoisotopic (exact) mass is 432 g/mol. The number of imidazole rings is 1. The number of aromatic nitrogens is 2. The Balaban J connectivity index is 1.58. The van der Waals surface area contributed by atoms with Gasteiger partial charge in [0.2, 0.25) is 5.91 Å². The van der Waals surface area contributed by atoms with E-state index in [1.165, 1.54) is 5.56 Å². The van der Waals surface area contributed by atoms with Crippen molar-refractivity contribution in [3.63, 3.8) is 0 Å². The van der Waals surface area contributed by atoms with E-state index in [1.54, 1.807) is 0 Å². The molecule has 0 aliphatic carbocycles. The van der Waals surface area contributed by atoms with E-state index in [2.05, 4.69) is 61.0 Å². The lowest BCUT2D eigenvalue weighted by atomic mass is 9.87. The van der Waals surface area contributed by atoms with E-state index in [9.17, 15) is 4.79 Å². The molecule has 0 saturated carbocycles. The van der Waals surface area contributed by atoms with Gasteiger partial charge in [-0.15, -0.1) is 0 Å². The number of morpholine rings is 1. The van der Waals surface area contributed by atoms with Crippen LogP contribution in [0.5, 0.6) is 0 Å². The summed E-state index contributed by atoms with van der Waals surface area (Å²) in [4.78, 5) is 19.3. The van der Waals surface area contributed by atoms with Gasteiger partial charge in [-0.1, -0.05) is 74.5 Å². The fourth-order valence-corrected chi connectivity index (χ4v) is 4.24. The van der Waals surface area contributed by atoms with Gasteiger partial charge in [-0.2, -0.15) is 0 Å². The molecule has 6 heteroatoms. The molecule has 1 saturated heterocycles. The highest BCUT2D eigenvalue weighted by atomic mass is 16.5. The maximum Gasteiger partial charge on any atom is 0.248 e. The van der Waals surface area contributed by atoms with Crippen molar-refractivity contribution in [1.82, 2.24) is 14.5 Å². The molecule has 1 aliphatic heterocycles. The molecule has 6 nitrogen and oxygen atoms in total. The fourth-order valence-electron chi connectivity index (χ4n) is 4.24. The van der Waals surface area contributed by atoms with Gasteiger partial charge in [-0.3, -0.25) is 4.79 Å². The Morgan fingerprint density at radius 3 is 2.47 bits per heavy atom. The number of rotatable bonds is 8. The summed E-state index contributed by atoms with van der Waals surface area (Å²) in [5, 5.41) is 0. The van der Waals surface area contributed by atoms with E-state index in [4.69, 9.17) is 15.5 Å². The molecule has 1 aromatic heterocycles. The second-order valence-electron chi connectivity index (χ2n) is 9.31. The molecule has 168 valence electrons. The minimum absolute atomic E-state index is 0.0281. The summed E-state index contributed by atoms with van der Waals surface area (Å²) < 4.78 is 7.75. The second kappa shape index (κ2) is 9.67. The number of benzene rings is 2. The highest BCUT2D eigenvalue weighted by molar-refractivity contribution is 5.78. The number of carbonyl (C=O) groups is 1. The summed E-state index contributed by atoms with van der Waals surface area (Å²) in [6.07, 6.45) is 2.80. The van der Waals surface area contributed by atoms with Gasteiger partial charge in [0, 0.05) is 44.4 Å². The van der Waals surface area contributed by atoms with Gasteiger partial charge in [0.25, 0.3) is 0 Å². The van der Waals surface area contributed by atoms with Gasteiger partial charge in [0.15, 0.2) is 0 Å². The van der Waals surface area contributed by atoms with Crippen LogP contribution in [0, 0.1) is 5.41 Å². The highest BCUT2D eigenvalue weighted by Crippen LogP contribution is 2.27. The van der Waals surface area contributed by atoms with Crippen LogP contribution in [-0.4, -0.2) is 52.7 Å². The summed E-state index contributed by atoms with van der Waals surface area (Å²) in [7, 11) is 0. The number of nitrogens with zero attached hydrogens (tertiary/aromatic N) is 3. The molecule has 1 atom stereocenters. The van der Waals surface area contributed by atoms with Crippen molar-refractivity contribution in [2.45, 2.75) is 32.9 Å². The Morgan fingerprint density at radius 1 is 1.09 bits per heavy atom. The number of nitrogens with two attached hydrogens (primary N) is 1. The summed E-state index contributed by atoms with van der Waals surface area (Å²) in [5.74, 6) is 1.05. The summed E-state index contributed by atoms with van der Waals surface area (Å²) in [6.45, 7) is 6.87. The molecule has 3 aromatic rings. The molecule has 2 N–H and O–H groups in total. The van der Waals surface area contributed by atoms with Crippen LogP contribution in [0.1, 0.15) is 25.2 Å². The fraction of sp³-hybridized carbons (Fsp3) is 0.385. The summed E-state index contributed by atoms with van der Waals surface area (Å²) in [5.41, 5.74) is 8.93. The molecule has 1 amide bonds. The van der Waals surface area contributed by atoms with Gasteiger partial charge in [0.05, 0.1) is 11.8 Å².